The molecular formula is C19H21N4O2S+. The van der Waals surface area contributed by atoms with E-state index in [1.165, 1.54) is 11.8 Å². The number of carbonyl (C=O) groups is 1. The normalized spacial score (nSPS) is 11.2. The van der Waals surface area contributed by atoms with Crippen molar-refractivity contribution >= 4 is 34.9 Å². The first kappa shape index (κ1) is 18.0. The minimum absolute atomic E-state index is 0.168. The topological polar surface area (TPSA) is 70.4 Å². The molecule has 0 aliphatic carbocycles. The molecule has 7 heteroatoms. The number of imidazole rings is 1. The Balaban J connectivity index is 1.57. The van der Waals surface area contributed by atoms with Crippen LogP contribution in [0, 0.1) is 0 Å². The number of thioether (sulfide) groups is 1. The first-order valence-electron chi connectivity index (χ1n) is 8.32. The molecule has 0 saturated heterocycles. The monoisotopic (exact) mass is 369 g/mol. The SMILES string of the molecule is CCOc1ccccc1C=NNC(=O)CSc1[nH]c2ccccc2[n+]1C. The molecule has 0 spiro atoms. The zero-order chi connectivity index (χ0) is 18.4. The van der Waals surface area contributed by atoms with Crippen molar-refractivity contribution in [3.8, 4) is 5.75 Å². The van der Waals surface area contributed by atoms with Gasteiger partial charge in [-0.25, -0.2) is 15.0 Å². The highest BCUT2D eigenvalue weighted by Crippen LogP contribution is 2.17. The molecule has 0 unspecified atom stereocenters. The van der Waals surface area contributed by atoms with Crippen LogP contribution in [0.4, 0.5) is 0 Å². The van der Waals surface area contributed by atoms with Crippen molar-refractivity contribution in [3.05, 3.63) is 54.1 Å². The van der Waals surface area contributed by atoms with Crippen molar-refractivity contribution in [2.75, 3.05) is 12.4 Å². The highest BCUT2D eigenvalue weighted by Gasteiger charge is 2.16. The third-order valence-electron chi connectivity index (χ3n) is 3.76. The van der Waals surface area contributed by atoms with Crippen LogP contribution in [0.5, 0.6) is 5.75 Å². The highest BCUT2D eigenvalue weighted by molar-refractivity contribution is 7.99. The molecule has 0 atom stereocenters. The minimum atomic E-state index is -0.168. The number of benzene rings is 2. The van der Waals surface area contributed by atoms with Gasteiger partial charge in [-0.05, 0) is 43.0 Å². The minimum Gasteiger partial charge on any atom is -0.493 e. The number of rotatable bonds is 7. The van der Waals surface area contributed by atoms with Crippen LogP contribution in [-0.4, -0.2) is 29.5 Å². The summed E-state index contributed by atoms with van der Waals surface area (Å²) in [6, 6.07) is 15.6. The quantitative estimate of drug-likeness (QED) is 0.291. The van der Waals surface area contributed by atoms with Gasteiger partial charge in [-0.3, -0.25) is 4.79 Å². The average molecular weight is 369 g/mol. The summed E-state index contributed by atoms with van der Waals surface area (Å²) >= 11 is 1.44. The summed E-state index contributed by atoms with van der Waals surface area (Å²) in [6.07, 6.45) is 1.59. The molecule has 3 aromatic rings. The fraction of sp³-hybridized carbons (Fsp3) is 0.211. The molecule has 3 rings (SSSR count). The summed E-state index contributed by atoms with van der Waals surface area (Å²) in [5.74, 6) is 0.844. The van der Waals surface area contributed by atoms with Crippen molar-refractivity contribution in [1.29, 1.82) is 0 Å². The fourth-order valence-electron chi connectivity index (χ4n) is 2.53. The molecule has 2 N–H and O–H groups in total. The van der Waals surface area contributed by atoms with Crippen LogP contribution >= 0.6 is 11.8 Å². The number of nitrogens with zero attached hydrogens (tertiary/aromatic N) is 2. The molecular weight excluding hydrogens is 348 g/mol. The third-order valence-corrected chi connectivity index (χ3v) is 4.82. The number of amides is 1. The fourth-order valence-corrected chi connectivity index (χ4v) is 3.33. The number of fused-ring (bicyclic) bond motifs is 1. The lowest BCUT2D eigenvalue weighted by Crippen LogP contribution is -2.30. The first-order valence-corrected chi connectivity index (χ1v) is 9.31. The predicted octanol–water partition coefficient (Wildman–Crippen LogP) is 2.63. The number of para-hydroxylation sites is 3. The molecule has 0 aliphatic rings. The lowest BCUT2D eigenvalue weighted by molar-refractivity contribution is -0.683. The Kier molecular flexibility index (Phi) is 5.91. The van der Waals surface area contributed by atoms with Gasteiger partial charge in [-0.15, -0.1) is 0 Å². The molecule has 0 aliphatic heterocycles. The van der Waals surface area contributed by atoms with Gasteiger partial charge in [0, 0.05) is 5.56 Å². The zero-order valence-electron chi connectivity index (χ0n) is 14.7. The second-order valence-corrected chi connectivity index (χ2v) is 6.52. The largest absolute Gasteiger partial charge is 0.493 e. The summed E-state index contributed by atoms with van der Waals surface area (Å²) in [5, 5.41) is 4.95. The third kappa shape index (κ3) is 4.23. The van der Waals surface area contributed by atoms with E-state index in [1.807, 2.05) is 67.1 Å². The Morgan fingerprint density at radius 1 is 1.27 bits per heavy atom. The number of H-pyrrole nitrogens is 1. The molecule has 1 aromatic heterocycles. The molecule has 1 amide bonds. The van der Waals surface area contributed by atoms with Gasteiger partial charge < -0.3 is 4.74 Å². The van der Waals surface area contributed by atoms with Gasteiger partial charge in [-0.1, -0.05) is 24.3 Å². The van der Waals surface area contributed by atoms with Crippen LogP contribution in [0.25, 0.3) is 11.0 Å². The predicted molar refractivity (Wildman–Crippen MR) is 104 cm³/mol. The van der Waals surface area contributed by atoms with Gasteiger partial charge in [0.1, 0.15) is 5.75 Å². The van der Waals surface area contributed by atoms with Crippen LogP contribution in [0.15, 0.2) is 58.8 Å². The van der Waals surface area contributed by atoms with Crippen molar-refractivity contribution in [2.24, 2.45) is 12.1 Å². The summed E-state index contributed by atoms with van der Waals surface area (Å²) < 4.78 is 7.56. The second-order valence-electron chi connectivity index (χ2n) is 5.56. The molecule has 26 heavy (non-hydrogen) atoms. The Morgan fingerprint density at radius 3 is 2.85 bits per heavy atom. The highest BCUT2D eigenvalue weighted by atomic mass is 32.2. The van der Waals surface area contributed by atoms with Gasteiger partial charge in [0.25, 0.3) is 5.91 Å². The number of ether oxygens (including phenoxy) is 1. The Bertz CT molecular complexity index is 936. The molecule has 6 nitrogen and oxygen atoms in total. The lowest BCUT2D eigenvalue weighted by Gasteiger charge is -2.05. The van der Waals surface area contributed by atoms with Crippen LogP contribution in [0.2, 0.25) is 0 Å². The van der Waals surface area contributed by atoms with E-state index < -0.39 is 0 Å². The van der Waals surface area contributed by atoms with E-state index in [4.69, 9.17) is 4.74 Å². The van der Waals surface area contributed by atoms with Crippen molar-refractivity contribution < 1.29 is 14.1 Å². The first-order chi connectivity index (χ1) is 12.7. The number of hydrazone groups is 1. The summed E-state index contributed by atoms with van der Waals surface area (Å²) in [4.78, 5) is 15.4. The number of aryl methyl sites for hydroxylation is 1. The molecule has 2 aromatic carbocycles. The number of aromatic nitrogens is 2. The van der Waals surface area contributed by atoms with Crippen LogP contribution < -0.4 is 14.7 Å². The van der Waals surface area contributed by atoms with Crippen molar-refractivity contribution in [2.45, 2.75) is 12.1 Å². The summed E-state index contributed by atoms with van der Waals surface area (Å²) in [7, 11) is 1.97. The molecule has 0 radical (unpaired) electrons. The number of aromatic amines is 1. The van der Waals surface area contributed by atoms with Crippen LogP contribution in [0.3, 0.4) is 0 Å². The van der Waals surface area contributed by atoms with Gasteiger partial charge >= 0.3 is 5.16 Å². The van der Waals surface area contributed by atoms with Gasteiger partial charge in [0.15, 0.2) is 11.0 Å². The second kappa shape index (κ2) is 8.53. The Morgan fingerprint density at radius 2 is 2.04 bits per heavy atom. The zero-order valence-corrected chi connectivity index (χ0v) is 15.5. The van der Waals surface area contributed by atoms with Gasteiger partial charge in [0.2, 0.25) is 0 Å². The lowest BCUT2D eigenvalue weighted by atomic mass is 10.2. The van der Waals surface area contributed by atoms with Crippen molar-refractivity contribution in [1.82, 2.24) is 10.4 Å². The van der Waals surface area contributed by atoms with Crippen molar-refractivity contribution in [3.63, 3.8) is 0 Å². The molecule has 134 valence electrons. The van der Waals surface area contributed by atoms with E-state index in [2.05, 4.69) is 15.5 Å². The van der Waals surface area contributed by atoms with Gasteiger partial charge in [0.05, 0.1) is 25.6 Å². The van der Waals surface area contributed by atoms with E-state index >= 15 is 0 Å². The summed E-state index contributed by atoms with van der Waals surface area (Å²) in [6.45, 7) is 2.51. The maximum atomic E-state index is 12.0. The molecule has 0 bridgehead atoms. The molecule has 0 fully saturated rings. The molecule has 1 heterocycles. The number of carbonyl (C=O) groups excluding carboxylic acids is 1. The summed E-state index contributed by atoms with van der Waals surface area (Å²) in [5.41, 5.74) is 5.52. The maximum absolute atomic E-state index is 12.0. The number of hydrogen-bond acceptors (Lipinski definition) is 4. The van der Waals surface area contributed by atoms with E-state index in [9.17, 15) is 4.79 Å². The van der Waals surface area contributed by atoms with E-state index in [-0.39, 0.29) is 11.7 Å². The van der Waals surface area contributed by atoms with Gasteiger partial charge in [-0.2, -0.15) is 5.10 Å². The van der Waals surface area contributed by atoms with E-state index in [0.717, 1.165) is 27.5 Å². The maximum Gasteiger partial charge on any atom is 0.317 e. The molecule has 0 saturated carbocycles. The number of nitrogens with one attached hydrogen (secondary N) is 2. The number of hydrogen-bond donors (Lipinski definition) is 2. The van der Waals surface area contributed by atoms with E-state index in [0.29, 0.717) is 6.61 Å². The Hall–Kier alpha value is -2.80. The average Bonchev–Trinajstić information content (AvgIpc) is 2.98. The smallest absolute Gasteiger partial charge is 0.317 e. The van der Waals surface area contributed by atoms with Crippen LogP contribution in [-0.2, 0) is 11.8 Å². The Labute approximate surface area is 156 Å². The van der Waals surface area contributed by atoms with Crippen LogP contribution in [0.1, 0.15) is 12.5 Å². The van der Waals surface area contributed by atoms with E-state index in [1.54, 1.807) is 6.21 Å². The standard InChI is InChI=1S/C19H20N4O2S/c1-3-25-17-11-7-4-8-14(17)12-20-22-18(24)13-26-19-21-15-9-5-6-10-16(15)23(19)2/h4-12H,3,13H2,1-2H3,(H,22,24)/p+1.